The number of unbranched alkanes of at least 4 members (excludes halogenated alkanes) is 34. The summed E-state index contributed by atoms with van der Waals surface area (Å²) in [5, 5.41) is 9.71. The van der Waals surface area contributed by atoms with E-state index in [1.807, 2.05) is 0 Å². The molecule has 0 bridgehead atoms. The number of rotatable bonds is 66. The van der Waals surface area contributed by atoms with Crippen LogP contribution < -0.4 is 0 Å². The minimum absolute atomic E-state index is 0.0790. The van der Waals surface area contributed by atoms with E-state index in [9.17, 15) is 14.7 Å². The van der Waals surface area contributed by atoms with Crippen LogP contribution in [0.4, 0.5) is 0 Å². The van der Waals surface area contributed by atoms with Crippen molar-refractivity contribution in [2.45, 2.75) is 341 Å². The predicted molar refractivity (Wildman–Crippen MR) is 380 cm³/mol. The summed E-state index contributed by atoms with van der Waals surface area (Å²) < 4.78 is 10.7. The molecule has 86 heavy (non-hydrogen) atoms. The SMILES string of the molecule is CC/C=C\C/C=C\C/C=C\C/C=C\C/C=C\C/C=C\C/C=C\C/C=C\C/C=C\C/C=C\C/C=C\CCCCCCCC(=O)OC(CO)COC(=O)CCCCCCCCCCCCCCCCCCCCCCC/C=C\CCCCCCCCCC. The van der Waals surface area contributed by atoms with Crippen LogP contribution in [0.5, 0.6) is 0 Å². The fraction of sp³-hybridized carbons (Fsp3) is 0.679. The van der Waals surface area contributed by atoms with E-state index >= 15 is 0 Å². The number of aliphatic hydroxyl groups excluding tert-OH is 1. The van der Waals surface area contributed by atoms with Crippen LogP contribution in [0.15, 0.2) is 146 Å². The summed E-state index contributed by atoms with van der Waals surface area (Å²) in [5.74, 6) is -0.609. The monoisotopic (exact) mass is 1190 g/mol. The van der Waals surface area contributed by atoms with Gasteiger partial charge in [0.1, 0.15) is 6.61 Å². The van der Waals surface area contributed by atoms with Gasteiger partial charge in [0.25, 0.3) is 0 Å². The Bertz CT molecular complexity index is 1780. The third-order valence-corrected chi connectivity index (χ3v) is 15.6. The minimum Gasteiger partial charge on any atom is -0.462 e. The first-order valence-electron chi connectivity index (χ1n) is 36.4. The third kappa shape index (κ3) is 72.3. The molecule has 0 aromatic heterocycles. The van der Waals surface area contributed by atoms with Gasteiger partial charge in [0.2, 0.25) is 0 Å². The summed E-state index contributed by atoms with van der Waals surface area (Å²) in [6.45, 7) is 4.04. The van der Waals surface area contributed by atoms with Crippen molar-refractivity contribution in [2.75, 3.05) is 13.2 Å². The maximum absolute atomic E-state index is 12.4. The van der Waals surface area contributed by atoms with Crippen LogP contribution in [0.3, 0.4) is 0 Å². The molecular formula is C81H136O5. The second kappa shape index (κ2) is 75.0. The normalized spacial score (nSPS) is 13.1. The average Bonchev–Trinajstić information content (AvgIpc) is 3.55. The quantitative estimate of drug-likeness (QED) is 0.0373. The van der Waals surface area contributed by atoms with Gasteiger partial charge in [0.15, 0.2) is 6.10 Å². The van der Waals surface area contributed by atoms with E-state index in [1.54, 1.807) is 0 Å². The summed E-state index contributed by atoms with van der Waals surface area (Å²) in [6.07, 6.45) is 113. The topological polar surface area (TPSA) is 72.8 Å². The van der Waals surface area contributed by atoms with Crippen molar-refractivity contribution in [1.82, 2.24) is 0 Å². The van der Waals surface area contributed by atoms with Gasteiger partial charge in [0, 0.05) is 12.8 Å². The molecule has 1 unspecified atom stereocenters. The Morgan fingerprint density at radius 3 is 0.767 bits per heavy atom. The minimum atomic E-state index is -0.793. The summed E-state index contributed by atoms with van der Waals surface area (Å²) in [5.41, 5.74) is 0. The standard InChI is InChI=1S/C81H136O5/c1-3-5-7-9-11-13-15-17-19-21-23-25-27-29-31-33-35-37-38-39-40-41-42-44-46-48-50-52-54-56-58-60-62-64-66-68-70-72-74-76-81(84)86-79(77-82)78-85-80(83)75-73-71-69-67-65-63-61-59-57-55-53-51-49-47-45-43-36-34-32-30-28-26-24-22-20-18-16-14-12-10-8-6-4-2/h5,7,11,13,17,19,22-25,29,31,35,37,39-40,42,44,48,50,54,56,60,62,79,82H,3-4,6,8-10,12,14-16,18,20-21,26-28,30,32-34,36,38,41,43,45-47,49,51-53,55,57-59,61,63-78H2,1-2H3/b7-5-,13-11-,19-17-,24-22-,25-23-,31-29-,37-35-,40-39-,44-42-,50-48-,56-54-,62-60-. The molecular weight excluding hydrogens is 1050 g/mol. The van der Waals surface area contributed by atoms with E-state index in [1.165, 1.54) is 180 Å². The summed E-state index contributed by atoms with van der Waals surface area (Å²) in [7, 11) is 0. The Kier molecular flexibility index (Phi) is 71.3. The lowest BCUT2D eigenvalue weighted by Gasteiger charge is -2.15. The molecule has 1 atom stereocenters. The molecule has 0 aromatic carbocycles. The largest absolute Gasteiger partial charge is 0.462 e. The third-order valence-electron chi connectivity index (χ3n) is 15.6. The smallest absolute Gasteiger partial charge is 0.306 e. The highest BCUT2D eigenvalue weighted by Gasteiger charge is 2.16. The molecule has 0 fully saturated rings. The van der Waals surface area contributed by atoms with E-state index in [0.717, 1.165) is 128 Å². The Morgan fingerprint density at radius 2 is 0.500 bits per heavy atom. The number of carbonyl (C=O) groups excluding carboxylic acids is 2. The van der Waals surface area contributed by atoms with Gasteiger partial charge in [-0.3, -0.25) is 9.59 Å². The molecule has 0 spiro atoms. The van der Waals surface area contributed by atoms with Gasteiger partial charge in [0.05, 0.1) is 6.61 Å². The van der Waals surface area contributed by atoms with Crippen LogP contribution in [0.2, 0.25) is 0 Å². The van der Waals surface area contributed by atoms with E-state index in [-0.39, 0.29) is 25.2 Å². The van der Waals surface area contributed by atoms with Crippen molar-refractivity contribution >= 4 is 11.9 Å². The second-order valence-corrected chi connectivity index (χ2v) is 23.9. The highest BCUT2D eigenvalue weighted by molar-refractivity contribution is 5.70. The number of hydrogen-bond donors (Lipinski definition) is 1. The van der Waals surface area contributed by atoms with E-state index < -0.39 is 6.10 Å². The Labute approximate surface area is 533 Å². The zero-order valence-corrected chi connectivity index (χ0v) is 56.3. The number of carbonyl (C=O) groups is 2. The van der Waals surface area contributed by atoms with E-state index in [2.05, 4.69) is 160 Å². The lowest BCUT2D eigenvalue weighted by atomic mass is 10.0. The fourth-order valence-corrected chi connectivity index (χ4v) is 10.2. The van der Waals surface area contributed by atoms with Gasteiger partial charge in [-0.05, 0) is 122 Å². The molecule has 0 aliphatic heterocycles. The lowest BCUT2D eigenvalue weighted by molar-refractivity contribution is -0.161. The molecule has 0 saturated carbocycles. The van der Waals surface area contributed by atoms with Crippen molar-refractivity contribution in [2.24, 2.45) is 0 Å². The number of ether oxygens (including phenoxy) is 2. The Morgan fingerprint density at radius 1 is 0.279 bits per heavy atom. The average molecular weight is 1190 g/mol. The Hall–Kier alpha value is -4.22. The number of hydrogen-bond acceptors (Lipinski definition) is 5. The molecule has 0 aromatic rings. The van der Waals surface area contributed by atoms with Crippen LogP contribution >= 0.6 is 0 Å². The van der Waals surface area contributed by atoms with Crippen LogP contribution in [0.25, 0.3) is 0 Å². The highest BCUT2D eigenvalue weighted by Crippen LogP contribution is 2.17. The van der Waals surface area contributed by atoms with E-state index in [0.29, 0.717) is 12.8 Å². The first-order valence-corrected chi connectivity index (χ1v) is 36.4. The molecule has 0 rings (SSSR count). The molecule has 1 N–H and O–H groups in total. The molecule has 0 saturated heterocycles. The van der Waals surface area contributed by atoms with Gasteiger partial charge in [-0.2, -0.15) is 0 Å². The second-order valence-electron chi connectivity index (χ2n) is 23.9. The van der Waals surface area contributed by atoms with Crippen LogP contribution in [-0.4, -0.2) is 36.4 Å². The molecule has 490 valence electrons. The van der Waals surface area contributed by atoms with Gasteiger partial charge in [-0.1, -0.05) is 346 Å². The van der Waals surface area contributed by atoms with Crippen molar-refractivity contribution in [1.29, 1.82) is 0 Å². The molecule has 0 aliphatic rings. The molecule has 0 aliphatic carbocycles. The van der Waals surface area contributed by atoms with Crippen molar-refractivity contribution in [3.8, 4) is 0 Å². The Balaban J connectivity index is 3.55. The van der Waals surface area contributed by atoms with E-state index in [4.69, 9.17) is 9.47 Å². The van der Waals surface area contributed by atoms with Gasteiger partial charge < -0.3 is 14.6 Å². The molecule has 5 nitrogen and oxygen atoms in total. The zero-order chi connectivity index (χ0) is 61.9. The summed E-state index contributed by atoms with van der Waals surface area (Å²) in [4.78, 5) is 24.7. The molecule has 0 heterocycles. The zero-order valence-electron chi connectivity index (χ0n) is 56.3. The van der Waals surface area contributed by atoms with Gasteiger partial charge in [-0.15, -0.1) is 0 Å². The van der Waals surface area contributed by atoms with Crippen LogP contribution in [0.1, 0.15) is 335 Å². The van der Waals surface area contributed by atoms with Crippen LogP contribution in [0, 0.1) is 0 Å². The van der Waals surface area contributed by atoms with Crippen molar-refractivity contribution in [3.05, 3.63) is 146 Å². The maximum Gasteiger partial charge on any atom is 0.306 e. The highest BCUT2D eigenvalue weighted by atomic mass is 16.6. The predicted octanol–water partition coefficient (Wildman–Crippen LogP) is 25.7. The van der Waals surface area contributed by atoms with Crippen LogP contribution in [-0.2, 0) is 19.1 Å². The van der Waals surface area contributed by atoms with Crippen molar-refractivity contribution < 1.29 is 24.2 Å². The van der Waals surface area contributed by atoms with Crippen molar-refractivity contribution in [3.63, 3.8) is 0 Å². The van der Waals surface area contributed by atoms with Gasteiger partial charge in [-0.25, -0.2) is 0 Å². The number of allylic oxidation sites excluding steroid dienone is 24. The fourth-order valence-electron chi connectivity index (χ4n) is 10.2. The maximum atomic E-state index is 12.4. The molecule has 0 radical (unpaired) electrons. The summed E-state index contributed by atoms with van der Waals surface area (Å²) >= 11 is 0. The van der Waals surface area contributed by atoms with Gasteiger partial charge >= 0.3 is 11.9 Å². The first kappa shape index (κ1) is 81.8. The summed E-state index contributed by atoms with van der Waals surface area (Å²) in [6, 6.07) is 0. The first-order chi connectivity index (χ1) is 42.6. The number of esters is 2. The number of aliphatic hydroxyl groups is 1. The molecule has 0 amide bonds. The lowest BCUT2D eigenvalue weighted by Crippen LogP contribution is -2.28. The molecule has 5 heteroatoms.